The lowest BCUT2D eigenvalue weighted by Gasteiger charge is -2.22. The van der Waals surface area contributed by atoms with E-state index in [1.807, 2.05) is 43.0 Å². The summed E-state index contributed by atoms with van der Waals surface area (Å²) < 4.78 is 7.23. The molecule has 1 N–H and O–H groups in total. The van der Waals surface area contributed by atoms with Crippen molar-refractivity contribution in [2.45, 2.75) is 32.7 Å². The van der Waals surface area contributed by atoms with Crippen LogP contribution in [0.25, 0.3) is 11.4 Å². The molecule has 3 rings (SSSR count). The average molecular weight is 430 g/mol. The lowest BCUT2D eigenvalue weighted by Crippen LogP contribution is -2.39. The molecule has 2 heterocycles. The summed E-state index contributed by atoms with van der Waals surface area (Å²) in [6.45, 7) is 5.65. The van der Waals surface area contributed by atoms with Crippen LogP contribution in [0.4, 0.5) is 0 Å². The van der Waals surface area contributed by atoms with Crippen LogP contribution in [0.5, 0.6) is 0 Å². The van der Waals surface area contributed by atoms with Gasteiger partial charge in [0.2, 0.25) is 11.7 Å². The van der Waals surface area contributed by atoms with E-state index in [1.165, 1.54) is 5.56 Å². The Balaban J connectivity index is 1.56. The first-order chi connectivity index (χ1) is 14.4. The summed E-state index contributed by atoms with van der Waals surface area (Å²) in [5.74, 6) is 2.26. The quantitative estimate of drug-likeness (QED) is 0.457. The molecule has 0 bridgehead atoms. The van der Waals surface area contributed by atoms with Gasteiger partial charge in [-0.05, 0) is 18.1 Å². The predicted octanol–water partition coefficient (Wildman–Crippen LogP) is 3.50. The van der Waals surface area contributed by atoms with Gasteiger partial charge in [0.25, 0.3) is 0 Å². The van der Waals surface area contributed by atoms with Gasteiger partial charge in [0.15, 0.2) is 5.96 Å². The Morgan fingerprint density at radius 1 is 1.37 bits per heavy atom. The fourth-order valence-electron chi connectivity index (χ4n) is 3.26. The maximum Gasteiger partial charge on any atom is 0.228 e. The molecule has 8 nitrogen and oxygen atoms in total. The number of benzene rings is 1. The van der Waals surface area contributed by atoms with Gasteiger partial charge in [-0.2, -0.15) is 10.1 Å². The predicted molar refractivity (Wildman–Crippen MR) is 119 cm³/mol. The zero-order valence-electron chi connectivity index (χ0n) is 18.1. The second-order valence-electron chi connectivity index (χ2n) is 7.47. The summed E-state index contributed by atoms with van der Waals surface area (Å²) in [6.07, 6.45) is 2.65. The molecule has 0 spiro atoms. The molecule has 0 atom stereocenters. The topological polar surface area (TPSA) is 84.4 Å². The average Bonchev–Trinajstić information content (AvgIpc) is 3.32. The molecule has 0 aliphatic carbocycles. The van der Waals surface area contributed by atoms with Crippen LogP contribution in [-0.4, -0.2) is 51.4 Å². The number of aromatic nitrogens is 4. The van der Waals surface area contributed by atoms with Crippen molar-refractivity contribution in [3.63, 3.8) is 0 Å². The molecular formula is C21H28ClN7O. The van der Waals surface area contributed by atoms with Crippen LogP contribution >= 0.6 is 11.6 Å². The largest absolute Gasteiger partial charge is 0.356 e. The van der Waals surface area contributed by atoms with E-state index in [0.29, 0.717) is 35.6 Å². The standard InChI is InChI=1S/C21H28ClN7O/c1-14(2)19-16(13-29(5)26-19)12-28(4)21(23-3)24-10-9-18-25-20(27-30-18)15-7-6-8-17(22)11-15/h6-8,11,13-14H,9-10,12H2,1-5H3,(H,23,24). The number of hydrogen-bond acceptors (Lipinski definition) is 5. The van der Waals surface area contributed by atoms with Crippen LogP contribution < -0.4 is 5.32 Å². The van der Waals surface area contributed by atoms with Crippen LogP contribution in [0, 0.1) is 0 Å². The van der Waals surface area contributed by atoms with Crippen molar-refractivity contribution >= 4 is 17.6 Å². The molecule has 160 valence electrons. The van der Waals surface area contributed by atoms with Gasteiger partial charge in [-0.15, -0.1) is 0 Å². The van der Waals surface area contributed by atoms with Gasteiger partial charge in [0.05, 0.1) is 5.69 Å². The molecule has 2 aromatic heterocycles. The molecule has 3 aromatic rings. The highest BCUT2D eigenvalue weighted by Crippen LogP contribution is 2.20. The highest BCUT2D eigenvalue weighted by Gasteiger charge is 2.15. The zero-order valence-corrected chi connectivity index (χ0v) is 18.8. The Morgan fingerprint density at radius 2 is 2.17 bits per heavy atom. The fraction of sp³-hybridized carbons (Fsp3) is 0.429. The number of aliphatic imine (C=N–C) groups is 1. The maximum atomic E-state index is 6.03. The molecule has 0 saturated heterocycles. The second-order valence-corrected chi connectivity index (χ2v) is 7.91. The Morgan fingerprint density at radius 3 is 2.87 bits per heavy atom. The van der Waals surface area contributed by atoms with E-state index >= 15 is 0 Å². The van der Waals surface area contributed by atoms with Crippen LogP contribution in [-0.2, 0) is 20.0 Å². The van der Waals surface area contributed by atoms with E-state index < -0.39 is 0 Å². The van der Waals surface area contributed by atoms with Crippen molar-refractivity contribution in [3.05, 3.63) is 52.6 Å². The van der Waals surface area contributed by atoms with Crippen LogP contribution in [0.1, 0.15) is 36.9 Å². The number of nitrogens with zero attached hydrogens (tertiary/aromatic N) is 6. The SMILES string of the molecule is CN=C(NCCc1nc(-c2cccc(Cl)c2)no1)N(C)Cc1cn(C)nc1C(C)C. The van der Waals surface area contributed by atoms with Gasteiger partial charge in [-0.25, -0.2) is 0 Å². The van der Waals surface area contributed by atoms with Gasteiger partial charge in [0, 0.05) is 63.0 Å². The summed E-state index contributed by atoms with van der Waals surface area (Å²) in [7, 11) is 5.73. The number of hydrogen-bond donors (Lipinski definition) is 1. The van der Waals surface area contributed by atoms with Gasteiger partial charge < -0.3 is 14.7 Å². The van der Waals surface area contributed by atoms with Gasteiger partial charge in [0.1, 0.15) is 0 Å². The smallest absolute Gasteiger partial charge is 0.228 e. The zero-order chi connectivity index (χ0) is 21.7. The van der Waals surface area contributed by atoms with E-state index in [2.05, 4.69) is 50.5 Å². The number of rotatable bonds is 7. The molecule has 0 fully saturated rings. The molecule has 0 saturated carbocycles. The third-order valence-corrected chi connectivity index (χ3v) is 4.87. The lowest BCUT2D eigenvalue weighted by molar-refractivity contribution is 0.377. The molecule has 30 heavy (non-hydrogen) atoms. The van der Waals surface area contributed by atoms with Gasteiger partial charge in [-0.3, -0.25) is 9.67 Å². The monoisotopic (exact) mass is 429 g/mol. The van der Waals surface area contributed by atoms with E-state index in [-0.39, 0.29) is 0 Å². The molecule has 0 unspecified atom stereocenters. The second kappa shape index (κ2) is 9.75. The van der Waals surface area contributed by atoms with Crippen molar-refractivity contribution in [2.24, 2.45) is 12.0 Å². The molecule has 0 radical (unpaired) electrons. The lowest BCUT2D eigenvalue weighted by atomic mass is 10.1. The molecule has 0 amide bonds. The van der Waals surface area contributed by atoms with E-state index in [9.17, 15) is 0 Å². The fourth-order valence-corrected chi connectivity index (χ4v) is 3.45. The third-order valence-electron chi connectivity index (χ3n) is 4.64. The van der Waals surface area contributed by atoms with Crippen LogP contribution in [0.2, 0.25) is 5.02 Å². The number of halogens is 1. The number of nitrogens with one attached hydrogen (secondary N) is 1. The van der Waals surface area contributed by atoms with Crippen LogP contribution in [0.15, 0.2) is 40.0 Å². The van der Waals surface area contributed by atoms with E-state index in [1.54, 1.807) is 7.05 Å². The Bertz CT molecular complexity index is 1010. The highest BCUT2D eigenvalue weighted by atomic mass is 35.5. The first-order valence-corrected chi connectivity index (χ1v) is 10.3. The minimum absolute atomic E-state index is 0.371. The minimum Gasteiger partial charge on any atom is -0.356 e. The summed E-state index contributed by atoms with van der Waals surface area (Å²) in [5, 5.41) is 12.6. The summed E-state index contributed by atoms with van der Waals surface area (Å²) >= 11 is 6.03. The minimum atomic E-state index is 0.371. The van der Waals surface area contributed by atoms with Gasteiger partial charge >= 0.3 is 0 Å². The first-order valence-electron chi connectivity index (χ1n) is 9.90. The number of guanidine groups is 1. The normalized spacial score (nSPS) is 11.9. The van der Waals surface area contributed by atoms with Crippen molar-refractivity contribution < 1.29 is 4.52 Å². The third kappa shape index (κ3) is 5.38. The molecule has 0 aliphatic heterocycles. The maximum absolute atomic E-state index is 6.03. The van der Waals surface area contributed by atoms with E-state index in [0.717, 1.165) is 23.8 Å². The Labute approximate surface area is 181 Å². The molecule has 9 heteroatoms. The highest BCUT2D eigenvalue weighted by molar-refractivity contribution is 6.30. The van der Waals surface area contributed by atoms with Gasteiger partial charge in [-0.1, -0.05) is 42.7 Å². The molecule has 1 aromatic carbocycles. The molecular weight excluding hydrogens is 402 g/mol. The summed E-state index contributed by atoms with van der Waals surface area (Å²) in [5.41, 5.74) is 3.14. The van der Waals surface area contributed by atoms with Crippen molar-refractivity contribution in [2.75, 3.05) is 20.6 Å². The van der Waals surface area contributed by atoms with Crippen molar-refractivity contribution in [1.29, 1.82) is 0 Å². The summed E-state index contributed by atoms with van der Waals surface area (Å²) in [4.78, 5) is 10.9. The van der Waals surface area contributed by atoms with Crippen LogP contribution in [0.3, 0.4) is 0 Å². The summed E-state index contributed by atoms with van der Waals surface area (Å²) in [6, 6.07) is 7.39. The first kappa shape index (κ1) is 21.8. The van der Waals surface area contributed by atoms with Crippen molar-refractivity contribution in [1.82, 2.24) is 30.1 Å². The van der Waals surface area contributed by atoms with Crippen molar-refractivity contribution in [3.8, 4) is 11.4 Å². The molecule has 0 aliphatic rings. The Hall–Kier alpha value is -2.87. The number of aryl methyl sites for hydroxylation is 1. The van der Waals surface area contributed by atoms with E-state index in [4.69, 9.17) is 16.1 Å². The Kier molecular flexibility index (Phi) is 7.10.